The molecule has 0 saturated heterocycles. The second-order valence-corrected chi connectivity index (χ2v) is 4.36. The van der Waals surface area contributed by atoms with Gasteiger partial charge in [-0.05, 0) is 25.1 Å². The Bertz CT molecular complexity index is 861. The number of hydrogen-bond acceptors (Lipinski definition) is 2. The van der Waals surface area contributed by atoms with Crippen LogP contribution in [0.2, 0.25) is 0 Å². The van der Waals surface area contributed by atoms with Gasteiger partial charge in [0.1, 0.15) is 12.0 Å². The summed E-state index contributed by atoms with van der Waals surface area (Å²) in [6.45, 7) is 1.56. The lowest BCUT2D eigenvalue weighted by atomic mass is 10.1. The first-order valence-corrected chi connectivity index (χ1v) is 5.86. The van der Waals surface area contributed by atoms with Crippen molar-refractivity contribution in [3.05, 3.63) is 47.9 Å². The van der Waals surface area contributed by atoms with Crippen molar-refractivity contribution < 1.29 is 13.3 Å². The Hall–Kier alpha value is -2.81. The fourth-order valence-corrected chi connectivity index (χ4v) is 2.12. The van der Waals surface area contributed by atoms with Gasteiger partial charge < -0.3 is 0 Å². The number of aryl methyl sites for hydroxylation is 1. The highest BCUT2D eigenvalue weighted by Gasteiger charge is 2.16. The van der Waals surface area contributed by atoms with E-state index in [9.17, 15) is 8.78 Å². The van der Waals surface area contributed by atoms with Crippen molar-refractivity contribution in [2.24, 2.45) is 0 Å². The van der Waals surface area contributed by atoms with Crippen molar-refractivity contribution in [1.82, 2.24) is 9.97 Å². The van der Waals surface area contributed by atoms with E-state index in [4.69, 9.17) is 5.26 Å². The molecule has 98 valence electrons. The standard InChI is InChI=1S/C14H8F2N4/c1-8-12(16)2-3-13(19-8)11-5-18-14-10(11)4-9(15)6-20(14)7-17/h2-6H,1H3/p+1. The molecular formula is C14H9F2N4+. The van der Waals surface area contributed by atoms with Crippen molar-refractivity contribution in [1.29, 1.82) is 5.26 Å². The van der Waals surface area contributed by atoms with Crippen LogP contribution in [0.25, 0.3) is 22.3 Å². The lowest BCUT2D eigenvalue weighted by Crippen LogP contribution is -2.29. The fraction of sp³-hybridized carbons (Fsp3) is 0.0714. The molecular weight excluding hydrogens is 262 g/mol. The van der Waals surface area contributed by atoms with E-state index in [-0.39, 0.29) is 5.69 Å². The summed E-state index contributed by atoms with van der Waals surface area (Å²) in [4.78, 5) is 7.05. The van der Waals surface area contributed by atoms with E-state index in [0.29, 0.717) is 22.3 Å². The Morgan fingerprint density at radius 3 is 2.85 bits per heavy atom. The summed E-state index contributed by atoms with van der Waals surface area (Å²) in [7, 11) is 0. The van der Waals surface area contributed by atoms with Crippen LogP contribution >= 0.6 is 0 Å². The maximum atomic E-state index is 13.5. The monoisotopic (exact) mass is 271 g/mol. The molecule has 0 bridgehead atoms. The Labute approximate surface area is 112 Å². The molecule has 3 aromatic heterocycles. The summed E-state index contributed by atoms with van der Waals surface area (Å²) in [5.41, 5.74) is 1.87. The second-order valence-electron chi connectivity index (χ2n) is 4.36. The molecule has 1 N–H and O–H groups in total. The van der Waals surface area contributed by atoms with E-state index in [1.165, 1.54) is 18.2 Å². The van der Waals surface area contributed by atoms with Gasteiger partial charge in [0, 0.05) is 10.8 Å². The number of halogens is 2. The number of aromatic nitrogens is 3. The third-order valence-electron chi connectivity index (χ3n) is 3.08. The fourth-order valence-electron chi connectivity index (χ4n) is 2.12. The molecule has 3 aromatic rings. The second kappa shape index (κ2) is 4.38. The van der Waals surface area contributed by atoms with Crippen LogP contribution < -0.4 is 4.57 Å². The van der Waals surface area contributed by atoms with Crippen molar-refractivity contribution >= 4 is 11.0 Å². The summed E-state index contributed by atoms with van der Waals surface area (Å²) >= 11 is 0. The van der Waals surface area contributed by atoms with Crippen LogP contribution in [0, 0.1) is 30.0 Å². The number of hydrogen-bond donors (Lipinski definition) is 1. The van der Waals surface area contributed by atoms with E-state index in [0.717, 1.165) is 10.8 Å². The molecule has 3 heterocycles. The molecule has 3 rings (SSSR count). The number of nitriles is 1. The molecule has 0 aliphatic heterocycles. The van der Waals surface area contributed by atoms with Gasteiger partial charge >= 0.3 is 6.19 Å². The van der Waals surface area contributed by atoms with Gasteiger partial charge in [0.2, 0.25) is 5.65 Å². The predicted molar refractivity (Wildman–Crippen MR) is 67.4 cm³/mol. The quantitative estimate of drug-likeness (QED) is 0.691. The van der Waals surface area contributed by atoms with E-state index in [2.05, 4.69) is 9.97 Å². The van der Waals surface area contributed by atoms with E-state index in [1.54, 1.807) is 13.1 Å². The minimum Gasteiger partial charge on any atom is -0.278 e. The van der Waals surface area contributed by atoms with Gasteiger partial charge in [-0.25, -0.2) is 13.8 Å². The van der Waals surface area contributed by atoms with Gasteiger partial charge in [-0.2, -0.15) is 0 Å². The van der Waals surface area contributed by atoms with Crippen LogP contribution in [0.5, 0.6) is 0 Å². The number of fused-ring (bicyclic) bond motifs is 1. The highest BCUT2D eigenvalue weighted by Crippen LogP contribution is 2.26. The molecule has 4 nitrogen and oxygen atoms in total. The first-order valence-electron chi connectivity index (χ1n) is 5.86. The first kappa shape index (κ1) is 12.2. The van der Waals surface area contributed by atoms with Crippen LogP contribution in [0.15, 0.2) is 30.6 Å². The minimum absolute atomic E-state index is 0.265. The zero-order chi connectivity index (χ0) is 14.3. The molecule has 6 heteroatoms. The molecule has 0 saturated carbocycles. The van der Waals surface area contributed by atoms with E-state index in [1.807, 2.05) is 6.19 Å². The lowest BCUT2D eigenvalue weighted by molar-refractivity contribution is -0.561. The molecule has 0 radical (unpaired) electrons. The molecule has 0 aliphatic carbocycles. The Kier molecular flexibility index (Phi) is 2.68. The molecule has 0 aromatic carbocycles. The lowest BCUT2D eigenvalue weighted by Gasteiger charge is -2.01. The minimum atomic E-state index is -0.529. The van der Waals surface area contributed by atoms with Gasteiger partial charge in [-0.1, -0.05) is 0 Å². The highest BCUT2D eigenvalue weighted by atomic mass is 19.1. The molecule has 0 spiro atoms. The summed E-state index contributed by atoms with van der Waals surface area (Å²) in [5.74, 6) is -0.925. The van der Waals surface area contributed by atoms with Crippen LogP contribution in [0.3, 0.4) is 0 Å². The largest absolute Gasteiger partial charge is 0.375 e. The Balaban J connectivity index is 2.30. The van der Waals surface area contributed by atoms with Crippen molar-refractivity contribution in [3.8, 4) is 17.5 Å². The van der Waals surface area contributed by atoms with Gasteiger partial charge in [-0.15, -0.1) is 4.57 Å². The topological polar surface area (TPSA) is 56.4 Å². The molecule has 0 aliphatic rings. The zero-order valence-corrected chi connectivity index (χ0v) is 10.5. The molecule has 0 amide bonds. The molecule has 0 unspecified atom stereocenters. The number of pyridine rings is 2. The maximum Gasteiger partial charge on any atom is 0.375 e. The van der Waals surface area contributed by atoms with Crippen LogP contribution in [-0.4, -0.2) is 9.97 Å². The SMILES string of the molecule is Cc1nc(-c2c[nH]c3c2cc(F)c[n+]3C#N)ccc1F. The van der Waals surface area contributed by atoms with E-state index >= 15 is 0 Å². The number of nitrogens with zero attached hydrogens (tertiary/aromatic N) is 3. The average molecular weight is 271 g/mol. The Morgan fingerprint density at radius 2 is 2.15 bits per heavy atom. The summed E-state index contributed by atoms with van der Waals surface area (Å²) in [6, 6.07) is 4.15. The normalized spacial score (nSPS) is 10.7. The summed E-state index contributed by atoms with van der Waals surface area (Å²) in [6.07, 6.45) is 4.57. The van der Waals surface area contributed by atoms with Gasteiger partial charge in [0.05, 0.1) is 23.0 Å². The molecule has 0 fully saturated rings. The summed E-state index contributed by atoms with van der Waals surface area (Å²) in [5, 5.41) is 9.50. The van der Waals surface area contributed by atoms with Crippen LogP contribution in [-0.2, 0) is 0 Å². The van der Waals surface area contributed by atoms with Crippen molar-refractivity contribution in [2.75, 3.05) is 0 Å². The number of aromatic amines is 1. The first-order chi connectivity index (χ1) is 9.60. The number of nitrogens with one attached hydrogen (secondary N) is 1. The van der Waals surface area contributed by atoms with Gasteiger partial charge in [0.15, 0.2) is 5.82 Å². The van der Waals surface area contributed by atoms with Crippen molar-refractivity contribution in [2.45, 2.75) is 6.92 Å². The zero-order valence-electron chi connectivity index (χ0n) is 10.5. The highest BCUT2D eigenvalue weighted by molar-refractivity contribution is 5.91. The maximum absolute atomic E-state index is 13.5. The van der Waals surface area contributed by atoms with Crippen LogP contribution in [0.1, 0.15) is 5.69 Å². The van der Waals surface area contributed by atoms with E-state index < -0.39 is 11.6 Å². The van der Waals surface area contributed by atoms with Crippen LogP contribution in [0.4, 0.5) is 8.78 Å². The predicted octanol–water partition coefficient (Wildman–Crippen LogP) is 2.43. The van der Waals surface area contributed by atoms with Gasteiger partial charge in [0.25, 0.3) is 0 Å². The number of H-pyrrole nitrogens is 1. The summed E-state index contributed by atoms with van der Waals surface area (Å²) < 4.78 is 27.9. The smallest absolute Gasteiger partial charge is 0.278 e. The average Bonchev–Trinajstić information content (AvgIpc) is 2.84. The number of rotatable bonds is 1. The third-order valence-corrected chi connectivity index (χ3v) is 3.08. The Morgan fingerprint density at radius 1 is 1.35 bits per heavy atom. The molecule has 20 heavy (non-hydrogen) atoms. The van der Waals surface area contributed by atoms with Crippen molar-refractivity contribution in [3.63, 3.8) is 0 Å². The third kappa shape index (κ3) is 1.80. The van der Waals surface area contributed by atoms with Gasteiger partial charge in [-0.3, -0.25) is 4.98 Å². The molecule has 0 atom stereocenters.